The number of anilines is 4. The minimum atomic E-state index is -0.385. The molecular weight excluding hydrogens is 554 g/mol. The lowest BCUT2D eigenvalue weighted by molar-refractivity contribution is 0.122. The van der Waals surface area contributed by atoms with Gasteiger partial charge in [0.25, 0.3) is 0 Å². The van der Waals surface area contributed by atoms with E-state index in [1.54, 1.807) is 12.4 Å². The van der Waals surface area contributed by atoms with Gasteiger partial charge in [0, 0.05) is 61.2 Å². The molecule has 2 aliphatic heterocycles. The minimum absolute atomic E-state index is 0.0342. The first-order valence-electron chi connectivity index (χ1n) is 14.8. The smallest absolute Gasteiger partial charge is 0.227 e. The third-order valence-corrected chi connectivity index (χ3v) is 7.23. The number of benzene rings is 1. The lowest BCUT2D eigenvalue weighted by Gasteiger charge is -2.30. The van der Waals surface area contributed by atoms with Crippen molar-refractivity contribution in [2.45, 2.75) is 40.0 Å². The van der Waals surface area contributed by atoms with Gasteiger partial charge in [-0.05, 0) is 32.3 Å². The highest BCUT2D eigenvalue weighted by Gasteiger charge is 2.35. The second-order valence-corrected chi connectivity index (χ2v) is 10.5. The number of morpholine rings is 1. The van der Waals surface area contributed by atoms with Crippen LogP contribution < -0.4 is 20.3 Å². The van der Waals surface area contributed by atoms with E-state index in [-0.39, 0.29) is 12.0 Å². The molecule has 1 unspecified atom stereocenters. The maximum Gasteiger partial charge on any atom is 0.227 e. The Kier molecular flexibility index (Phi) is 12.6. The van der Waals surface area contributed by atoms with E-state index in [1.165, 1.54) is 0 Å². The van der Waals surface area contributed by atoms with Crippen LogP contribution in [0.25, 0.3) is 11.3 Å². The topological polar surface area (TPSA) is 108 Å². The SMILES string of the molecule is CC.CC.CN(C)CCOc1cc(N2CCOCC2)c(Cl)cc1Nc1nccc(-c2cnc3c(c2)C(C)(CO)CN3)n1. The molecule has 3 N–H and O–H groups in total. The number of hydrogen-bond donors (Lipinski definition) is 3. The molecule has 1 atom stereocenters. The zero-order valence-electron chi connectivity index (χ0n) is 26.0. The number of fused-ring (bicyclic) bond motifs is 1. The summed E-state index contributed by atoms with van der Waals surface area (Å²) in [6, 6.07) is 7.72. The van der Waals surface area contributed by atoms with E-state index in [1.807, 2.05) is 73.0 Å². The fourth-order valence-electron chi connectivity index (χ4n) is 4.57. The first-order valence-corrected chi connectivity index (χ1v) is 15.1. The van der Waals surface area contributed by atoms with E-state index in [4.69, 9.17) is 26.1 Å². The highest BCUT2D eigenvalue weighted by Crippen LogP contribution is 2.39. The maximum absolute atomic E-state index is 9.95. The van der Waals surface area contributed by atoms with Gasteiger partial charge in [0.2, 0.25) is 5.95 Å². The van der Waals surface area contributed by atoms with Crippen molar-refractivity contribution in [3.05, 3.63) is 47.2 Å². The number of nitrogens with one attached hydrogen (secondary N) is 2. The number of ether oxygens (including phenoxy) is 2. The molecular formula is C31H46ClN7O3. The highest BCUT2D eigenvalue weighted by atomic mass is 35.5. The van der Waals surface area contributed by atoms with Gasteiger partial charge in [0.05, 0.1) is 41.9 Å². The Labute approximate surface area is 255 Å². The Morgan fingerprint density at radius 2 is 1.88 bits per heavy atom. The summed E-state index contributed by atoms with van der Waals surface area (Å²) >= 11 is 6.75. The van der Waals surface area contributed by atoms with Gasteiger partial charge in [-0.1, -0.05) is 46.2 Å². The van der Waals surface area contributed by atoms with E-state index < -0.39 is 0 Å². The molecule has 0 spiro atoms. The predicted molar refractivity (Wildman–Crippen MR) is 173 cm³/mol. The van der Waals surface area contributed by atoms with Crippen molar-refractivity contribution >= 4 is 34.7 Å². The summed E-state index contributed by atoms with van der Waals surface area (Å²) in [6.07, 6.45) is 3.49. The van der Waals surface area contributed by atoms with Crippen molar-refractivity contribution in [3.8, 4) is 17.0 Å². The molecule has 0 amide bonds. The largest absolute Gasteiger partial charge is 0.490 e. The van der Waals surface area contributed by atoms with Gasteiger partial charge in [0.15, 0.2) is 0 Å². The zero-order chi connectivity index (χ0) is 30.7. The summed E-state index contributed by atoms with van der Waals surface area (Å²) in [7, 11) is 4.02. The molecule has 4 heterocycles. The predicted octanol–water partition coefficient (Wildman–Crippen LogP) is 5.44. The number of pyridine rings is 1. The van der Waals surface area contributed by atoms with Crippen LogP contribution in [-0.2, 0) is 10.2 Å². The third-order valence-electron chi connectivity index (χ3n) is 6.93. The summed E-state index contributed by atoms with van der Waals surface area (Å²) in [4.78, 5) is 18.0. The first kappa shape index (κ1) is 33.3. The molecule has 230 valence electrons. The number of nitrogens with zero attached hydrogens (tertiary/aromatic N) is 5. The van der Waals surface area contributed by atoms with Gasteiger partial charge in [-0.25, -0.2) is 15.0 Å². The normalized spacial score (nSPS) is 17.3. The van der Waals surface area contributed by atoms with Crippen LogP contribution in [0.3, 0.4) is 0 Å². The lowest BCUT2D eigenvalue weighted by Crippen LogP contribution is -2.36. The molecule has 0 saturated carbocycles. The van der Waals surface area contributed by atoms with Crippen molar-refractivity contribution in [3.63, 3.8) is 0 Å². The van der Waals surface area contributed by atoms with Crippen molar-refractivity contribution in [2.24, 2.45) is 0 Å². The number of likely N-dealkylation sites (N-methyl/N-ethyl adjacent to an activating group) is 1. The molecule has 3 aromatic rings. The van der Waals surface area contributed by atoms with Gasteiger partial charge in [0.1, 0.15) is 18.2 Å². The average molecular weight is 600 g/mol. The molecule has 0 aliphatic carbocycles. The van der Waals surface area contributed by atoms with Crippen LogP contribution in [0, 0.1) is 0 Å². The molecule has 42 heavy (non-hydrogen) atoms. The Hall–Kier alpha value is -3.18. The van der Waals surface area contributed by atoms with Gasteiger partial charge >= 0.3 is 0 Å². The van der Waals surface area contributed by atoms with Crippen LogP contribution in [0.1, 0.15) is 40.2 Å². The molecule has 11 heteroatoms. The standard InChI is InChI=1S/C27H34ClN7O3.2C2H6/c1-27(17-36)16-31-25-19(27)12-18(15-30-25)21-4-5-29-26(32-21)33-22-13-20(28)23(35-7-9-37-10-8-35)14-24(22)38-11-6-34(2)3;2*1-2/h4-5,12-15,36H,6-11,16-17H2,1-3H3,(H,30,31)(H,29,32,33);2*1-2H3. The minimum Gasteiger partial charge on any atom is -0.490 e. The summed E-state index contributed by atoms with van der Waals surface area (Å²) in [6.45, 7) is 14.9. The van der Waals surface area contributed by atoms with Crippen LogP contribution in [0.4, 0.5) is 23.1 Å². The quantitative estimate of drug-likeness (QED) is 0.294. The Balaban J connectivity index is 0.00000116. The van der Waals surface area contributed by atoms with E-state index in [9.17, 15) is 5.11 Å². The van der Waals surface area contributed by atoms with E-state index in [0.717, 1.165) is 48.0 Å². The average Bonchev–Trinajstić information content (AvgIpc) is 3.37. The van der Waals surface area contributed by atoms with Crippen LogP contribution in [-0.4, -0.2) is 91.7 Å². The summed E-state index contributed by atoms with van der Waals surface area (Å²) < 4.78 is 11.7. The molecule has 2 aliphatic rings. The molecule has 0 radical (unpaired) electrons. The monoisotopic (exact) mass is 599 g/mol. The van der Waals surface area contributed by atoms with E-state index in [0.29, 0.717) is 48.8 Å². The number of hydrogen-bond acceptors (Lipinski definition) is 10. The van der Waals surface area contributed by atoms with E-state index >= 15 is 0 Å². The van der Waals surface area contributed by atoms with Gasteiger partial charge in [-0.2, -0.15) is 0 Å². The van der Waals surface area contributed by atoms with Crippen molar-refractivity contribution in [1.82, 2.24) is 19.9 Å². The zero-order valence-corrected chi connectivity index (χ0v) is 26.8. The number of aliphatic hydroxyl groups is 1. The highest BCUT2D eigenvalue weighted by molar-refractivity contribution is 6.33. The van der Waals surface area contributed by atoms with E-state index in [2.05, 4.69) is 30.4 Å². The summed E-state index contributed by atoms with van der Waals surface area (Å²) in [5.74, 6) is 1.89. The molecule has 1 fully saturated rings. The Morgan fingerprint density at radius 1 is 1.14 bits per heavy atom. The second-order valence-electron chi connectivity index (χ2n) is 10.1. The van der Waals surface area contributed by atoms with Crippen LogP contribution in [0.5, 0.6) is 5.75 Å². The fraction of sp³-hybridized carbons (Fsp3) is 0.516. The molecule has 1 saturated heterocycles. The molecule has 10 nitrogen and oxygen atoms in total. The van der Waals surface area contributed by atoms with Crippen LogP contribution in [0.15, 0.2) is 36.7 Å². The Bertz CT molecular complexity index is 1290. The van der Waals surface area contributed by atoms with Crippen molar-refractivity contribution in [1.29, 1.82) is 0 Å². The fourth-order valence-corrected chi connectivity index (χ4v) is 4.85. The van der Waals surface area contributed by atoms with Gasteiger partial charge in [-0.15, -0.1) is 0 Å². The molecule has 5 rings (SSSR count). The molecule has 2 aromatic heterocycles. The summed E-state index contributed by atoms with van der Waals surface area (Å²) in [5, 5.41) is 17.1. The summed E-state index contributed by atoms with van der Waals surface area (Å²) in [5.41, 5.74) is 3.76. The third kappa shape index (κ3) is 8.01. The number of rotatable bonds is 9. The number of halogens is 1. The second kappa shape index (κ2) is 15.9. The Morgan fingerprint density at radius 3 is 2.57 bits per heavy atom. The van der Waals surface area contributed by atoms with Crippen LogP contribution in [0.2, 0.25) is 5.02 Å². The first-order chi connectivity index (χ1) is 20.4. The molecule has 1 aromatic carbocycles. The van der Waals surface area contributed by atoms with Crippen molar-refractivity contribution < 1.29 is 14.6 Å². The number of aliphatic hydroxyl groups excluding tert-OH is 1. The molecule has 0 bridgehead atoms. The van der Waals surface area contributed by atoms with Gasteiger partial charge in [-0.3, -0.25) is 0 Å². The van der Waals surface area contributed by atoms with Crippen molar-refractivity contribution in [2.75, 3.05) is 82.2 Å². The maximum atomic E-state index is 9.95. The van der Waals surface area contributed by atoms with Crippen LogP contribution >= 0.6 is 11.6 Å². The lowest BCUT2D eigenvalue weighted by atomic mass is 9.85. The number of aromatic nitrogens is 3. The van der Waals surface area contributed by atoms with Gasteiger partial charge < -0.3 is 35.0 Å².